The Morgan fingerprint density at radius 1 is 0.554 bits per heavy atom. The molecular formula is C67H80IrN2O2Si2-2. The molecule has 0 saturated heterocycles. The van der Waals surface area contributed by atoms with E-state index < -0.39 is 16.1 Å². The van der Waals surface area contributed by atoms with E-state index in [4.69, 9.17) is 5.11 Å². The van der Waals surface area contributed by atoms with Crippen molar-refractivity contribution in [2.45, 2.75) is 169 Å². The first-order valence-electron chi connectivity index (χ1n) is 27.1. The number of nitrogens with zero attached hydrogens (tertiary/aromatic N) is 2. The fourth-order valence-corrected chi connectivity index (χ4v) is 11.4. The molecule has 0 amide bonds. The maximum atomic E-state index is 10.0. The van der Waals surface area contributed by atoms with E-state index in [1.165, 1.54) is 141 Å². The van der Waals surface area contributed by atoms with Gasteiger partial charge >= 0.3 is 0 Å². The maximum absolute atomic E-state index is 10.0. The Morgan fingerprint density at radius 2 is 0.919 bits per heavy atom. The number of carbonyl (C=O) groups excluding carboxylic acids is 1. The van der Waals surface area contributed by atoms with Crippen LogP contribution in [0.2, 0.25) is 39.3 Å². The van der Waals surface area contributed by atoms with Crippen molar-refractivity contribution in [3.8, 4) is 67.7 Å². The summed E-state index contributed by atoms with van der Waals surface area (Å²) in [6.45, 7) is 25.9. The van der Waals surface area contributed by atoms with Crippen molar-refractivity contribution in [1.29, 1.82) is 0 Å². The van der Waals surface area contributed by atoms with Crippen molar-refractivity contribution < 1.29 is 30.0 Å². The van der Waals surface area contributed by atoms with Crippen LogP contribution in [0.15, 0.2) is 121 Å². The van der Waals surface area contributed by atoms with Crippen LogP contribution in [-0.2, 0) is 35.7 Å². The number of rotatable bonds is 15. The van der Waals surface area contributed by atoms with Crippen molar-refractivity contribution in [3.05, 3.63) is 167 Å². The van der Waals surface area contributed by atoms with Gasteiger partial charge in [-0.25, -0.2) is 0 Å². The molecule has 2 aliphatic carbocycles. The van der Waals surface area contributed by atoms with Gasteiger partial charge in [0.1, 0.15) is 16.1 Å². The van der Waals surface area contributed by atoms with E-state index in [1.54, 1.807) is 0 Å². The van der Waals surface area contributed by atoms with Gasteiger partial charge < -0.3 is 15.1 Å². The Kier molecular flexibility index (Phi) is 21.6. The molecule has 2 heterocycles. The zero-order valence-electron chi connectivity index (χ0n) is 46.5. The van der Waals surface area contributed by atoms with Gasteiger partial charge in [-0.05, 0) is 98.4 Å². The van der Waals surface area contributed by atoms with Gasteiger partial charge in [0, 0.05) is 60.5 Å². The molecule has 0 aliphatic heterocycles. The largest absolute Gasteiger partial charge is 0.512 e. The minimum atomic E-state index is -1.42. The van der Waals surface area contributed by atoms with Gasteiger partial charge in [0.25, 0.3) is 0 Å². The second kappa shape index (κ2) is 26.9. The molecule has 1 N–H and O–H groups in total. The van der Waals surface area contributed by atoms with E-state index in [2.05, 4.69) is 197 Å². The summed E-state index contributed by atoms with van der Waals surface area (Å²) >= 11 is 0. The number of hydrogen-bond donors (Lipinski definition) is 1. The number of carbonyl (C=O) groups is 1. The minimum absolute atomic E-state index is 0. The summed E-state index contributed by atoms with van der Waals surface area (Å²) < 4.78 is 0. The molecule has 7 heteroatoms. The third-order valence-electron chi connectivity index (χ3n) is 13.9. The topological polar surface area (TPSA) is 63.1 Å². The number of ketones is 1. The zero-order valence-corrected chi connectivity index (χ0v) is 50.9. The number of benzene rings is 4. The number of aliphatic hydroxyl groups is 1. The summed E-state index contributed by atoms with van der Waals surface area (Å²) in [5.41, 5.74) is 25.1. The predicted molar refractivity (Wildman–Crippen MR) is 315 cm³/mol. The smallest absolute Gasteiger partial charge is 0.155 e. The Hall–Kier alpha value is -5.41. The van der Waals surface area contributed by atoms with E-state index in [9.17, 15) is 4.79 Å². The molecule has 0 saturated carbocycles. The summed E-state index contributed by atoms with van der Waals surface area (Å²) in [5.74, 6) is 6.98. The third-order valence-corrected chi connectivity index (χ3v) is 15.6. The molecule has 4 aromatic carbocycles. The molecule has 0 bridgehead atoms. The summed E-state index contributed by atoms with van der Waals surface area (Å²) in [6, 6.07) is 42.4. The second-order valence-electron chi connectivity index (χ2n) is 22.3. The quantitative estimate of drug-likeness (QED) is 0.0366. The van der Waals surface area contributed by atoms with E-state index >= 15 is 0 Å². The number of aliphatic hydroxyl groups excluding tert-OH is 1. The molecule has 2 aliphatic rings. The fraction of sp³-hybridized carbons (Fsp3) is 0.388. The molecule has 2 aromatic heterocycles. The molecule has 74 heavy (non-hydrogen) atoms. The van der Waals surface area contributed by atoms with Crippen LogP contribution in [0, 0.1) is 35.1 Å². The Labute approximate surface area is 462 Å². The van der Waals surface area contributed by atoms with Gasteiger partial charge in [0.2, 0.25) is 0 Å². The average Bonchev–Trinajstić information content (AvgIpc) is 3.79. The van der Waals surface area contributed by atoms with Gasteiger partial charge in [0.15, 0.2) is 5.78 Å². The number of unbranched alkanes of at least 4 members (excludes halogenated alkanes) is 4. The van der Waals surface area contributed by atoms with Crippen molar-refractivity contribution in [2.24, 2.45) is 0 Å². The SMILES string of the molecule is CC(=O)/C=C(/C)O.CCCCC1(CCCC)c2cc(-c3ccccn3)[c-]cc2-c2ccc(C#C[Si](C)(C)C)cc21.CCCCC1(CCCC)c2cc(-c3ccccn3)[c-]cc2-c2ccc(C#C[Si](C)(C)C)cc21.[Ir]. The first kappa shape index (κ1) is 59.5. The molecule has 1 radical (unpaired) electrons. The molecule has 0 atom stereocenters. The monoisotopic (exact) mass is 1190 g/mol. The summed E-state index contributed by atoms with van der Waals surface area (Å²) in [6.07, 6.45) is 19.4. The normalized spacial score (nSPS) is 13.3. The summed E-state index contributed by atoms with van der Waals surface area (Å²) in [7, 11) is -2.85. The first-order chi connectivity index (χ1) is 34.9. The van der Waals surface area contributed by atoms with E-state index in [-0.39, 0.29) is 42.5 Å². The van der Waals surface area contributed by atoms with Crippen LogP contribution in [0.3, 0.4) is 0 Å². The van der Waals surface area contributed by atoms with Crippen LogP contribution < -0.4 is 0 Å². The summed E-state index contributed by atoms with van der Waals surface area (Å²) in [5, 5.41) is 8.36. The van der Waals surface area contributed by atoms with E-state index in [0.29, 0.717) is 0 Å². The van der Waals surface area contributed by atoms with Gasteiger partial charge in [-0.3, -0.25) is 4.79 Å². The third kappa shape index (κ3) is 14.9. The van der Waals surface area contributed by atoms with Crippen LogP contribution in [0.25, 0.3) is 44.8 Å². The number of pyridine rings is 2. The van der Waals surface area contributed by atoms with Crippen LogP contribution in [0.4, 0.5) is 0 Å². The number of fused-ring (bicyclic) bond motifs is 6. The first-order valence-corrected chi connectivity index (χ1v) is 34.1. The molecular weight excluding hydrogens is 1110 g/mol. The molecule has 389 valence electrons. The van der Waals surface area contributed by atoms with Crippen molar-refractivity contribution in [3.63, 3.8) is 0 Å². The fourth-order valence-electron chi connectivity index (χ4n) is 10.4. The predicted octanol–water partition coefficient (Wildman–Crippen LogP) is 17.9. The zero-order chi connectivity index (χ0) is 52.8. The Bertz CT molecular complexity index is 2790. The Morgan fingerprint density at radius 3 is 1.20 bits per heavy atom. The Balaban J connectivity index is 0.000000240. The minimum Gasteiger partial charge on any atom is -0.512 e. The average molecular weight is 1190 g/mol. The number of allylic oxidation sites excluding steroid dienone is 2. The van der Waals surface area contributed by atoms with Gasteiger partial charge in [-0.15, -0.1) is 69.7 Å². The van der Waals surface area contributed by atoms with E-state index in [1.807, 2.05) is 24.5 Å². The van der Waals surface area contributed by atoms with Crippen LogP contribution in [0.5, 0.6) is 0 Å². The van der Waals surface area contributed by atoms with Crippen molar-refractivity contribution in [2.75, 3.05) is 0 Å². The van der Waals surface area contributed by atoms with Crippen LogP contribution >= 0.6 is 0 Å². The van der Waals surface area contributed by atoms with E-state index in [0.717, 1.165) is 33.6 Å². The van der Waals surface area contributed by atoms with Gasteiger partial charge in [-0.1, -0.05) is 189 Å². The molecule has 6 aromatic rings. The van der Waals surface area contributed by atoms with Crippen LogP contribution in [0.1, 0.15) is 152 Å². The summed E-state index contributed by atoms with van der Waals surface area (Å²) in [4.78, 5) is 19.2. The van der Waals surface area contributed by atoms with Gasteiger partial charge in [-0.2, -0.15) is 0 Å². The molecule has 8 rings (SSSR count). The molecule has 0 fully saturated rings. The van der Waals surface area contributed by atoms with Gasteiger partial charge in [0.05, 0.1) is 5.76 Å². The molecule has 0 unspecified atom stereocenters. The number of hydrogen-bond acceptors (Lipinski definition) is 4. The standard InChI is InChI=1S/2C31H36NSi.C5H8O2.Ir/c2*1-6-8-18-31(19-9-7-2)28-22-24(17-21-33(3,4)5)13-15-26(28)27-16-14-25(23-29(27)31)30-12-10-11-20-32-30;1-4(6)3-5(2)7;/h2*10-13,15-16,20,22-23H,6-9,18-19H2,1-5H3;3,6H,1-2H3;/q2*-1;;/b;;4-3-;. The molecule has 0 spiro atoms. The number of aromatic nitrogens is 2. The molecule has 4 nitrogen and oxygen atoms in total. The van der Waals surface area contributed by atoms with Crippen molar-refractivity contribution >= 4 is 21.9 Å². The maximum Gasteiger partial charge on any atom is 0.155 e. The van der Waals surface area contributed by atoms with Crippen molar-refractivity contribution in [1.82, 2.24) is 9.97 Å². The second-order valence-corrected chi connectivity index (χ2v) is 31.8. The van der Waals surface area contributed by atoms with Crippen LogP contribution in [-0.4, -0.2) is 37.0 Å².